The van der Waals surface area contributed by atoms with Crippen LogP contribution in [0.2, 0.25) is 0 Å². The van der Waals surface area contributed by atoms with Gasteiger partial charge in [0.25, 0.3) is 0 Å². The molecule has 0 radical (unpaired) electrons. The summed E-state index contributed by atoms with van der Waals surface area (Å²) in [6.45, 7) is 7.97. The monoisotopic (exact) mass is 249 g/mol. The number of aromatic nitrogens is 4. The molecule has 0 spiro atoms. The minimum atomic E-state index is 0.384. The molecule has 1 N–H and O–H groups in total. The Hall–Kier alpha value is -0.970. The number of nitrogens with one attached hydrogen (secondary N) is 1. The van der Waals surface area contributed by atoms with Gasteiger partial charge in [0.05, 0.1) is 13.6 Å². The van der Waals surface area contributed by atoms with E-state index in [1.165, 1.54) is 24.1 Å². The van der Waals surface area contributed by atoms with Gasteiger partial charge in [-0.05, 0) is 41.2 Å². The third-order valence-electron chi connectivity index (χ3n) is 5.28. The van der Waals surface area contributed by atoms with Crippen LogP contribution in [0.15, 0.2) is 0 Å². The van der Waals surface area contributed by atoms with E-state index in [0.717, 1.165) is 18.3 Å². The summed E-state index contributed by atoms with van der Waals surface area (Å²) >= 11 is 0. The summed E-state index contributed by atoms with van der Waals surface area (Å²) in [5.41, 5.74) is 0.839. The van der Waals surface area contributed by atoms with Crippen molar-refractivity contribution < 1.29 is 0 Å². The first kappa shape index (κ1) is 12.1. The fraction of sp³-hybridized carbons (Fsp3) is 0.923. The van der Waals surface area contributed by atoms with E-state index < -0.39 is 0 Å². The first-order chi connectivity index (χ1) is 8.42. The average Bonchev–Trinajstić information content (AvgIpc) is 2.89. The molecule has 5 nitrogen and oxygen atoms in total. The topological polar surface area (TPSA) is 55.6 Å². The van der Waals surface area contributed by atoms with Crippen molar-refractivity contribution in [2.75, 3.05) is 0 Å². The summed E-state index contributed by atoms with van der Waals surface area (Å²) in [7, 11) is 1.80. The van der Waals surface area contributed by atoms with E-state index in [-0.39, 0.29) is 0 Å². The summed E-state index contributed by atoms with van der Waals surface area (Å²) in [6.07, 6.45) is 4.11. The molecule has 2 aliphatic carbocycles. The Morgan fingerprint density at radius 3 is 2.72 bits per heavy atom. The Morgan fingerprint density at radius 2 is 2.17 bits per heavy atom. The maximum absolute atomic E-state index is 4.24. The molecule has 0 saturated heterocycles. The second kappa shape index (κ2) is 3.76. The zero-order chi connectivity index (χ0) is 13.0. The fourth-order valence-electron chi connectivity index (χ4n) is 4.40. The summed E-state index contributed by atoms with van der Waals surface area (Å²) < 4.78 is 0. The van der Waals surface area contributed by atoms with E-state index >= 15 is 0 Å². The normalized spacial score (nSPS) is 37.3. The second-order valence-corrected chi connectivity index (χ2v) is 6.92. The molecule has 0 aromatic carbocycles. The van der Waals surface area contributed by atoms with Gasteiger partial charge in [-0.25, -0.2) is 0 Å². The quantitative estimate of drug-likeness (QED) is 0.882. The van der Waals surface area contributed by atoms with Crippen molar-refractivity contribution in [2.45, 2.75) is 52.6 Å². The Kier molecular flexibility index (Phi) is 2.52. The van der Waals surface area contributed by atoms with E-state index in [9.17, 15) is 0 Å². The largest absolute Gasteiger partial charge is 0.306 e. The maximum Gasteiger partial charge on any atom is 0.188 e. The molecule has 0 aliphatic heterocycles. The van der Waals surface area contributed by atoms with E-state index in [2.05, 4.69) is 41.5 Å². The second-order valence-electron chi connectivity index (χ2n) is 6.92. The molecule has 1 aromatic rings. The first-order valence-corrected chi connectivity index (χ1v) is 6.88. The van der Waals surface area contributed by atoms with Crippen LogP contribution in [0.1, 0.15) is 45.9 Å². The highest BCUT2D eigenvalue weighted by Crippen LogP contribution is 2.62. The Labute approximate surface area is 108 Å². The van der Waals surface area contributed by atoms with Crippen LogP contribution in [-0.4, -0.2) is 26.2 Å². The van der Waals surface area contributed by atoms with Gasteiger partial charge >= 0.3 is 0 Å². The molecule has 18 heavy (non-hydrogen) atoms. The zero-order valence-electron chi connectivity index (χ0n) is 11.8. The van der Waals surface area contributed by atoms with Gasteiger partial charge in [-0.1, -0.05) is 20.8 Å². The highest BCUT2D eigenvalue weighted by Gasteiger charge is 2.58. The number of rotatable bonds is 3. The molecule has 2 saturated carbocycles. The van der Waals surface area contributed by atoms with Crippen LogP contribution in [-0.2, 0) is 13.6 Å². The molecule has 3 rings (SSSR count). The lowest BCUT2D eigenvalue weighted by Gasteiger charge is -2.43. The van der Waals surface area contributed by atoms with Crippen LogP contribution in [0.3, 0.4) is 0 Å². The lowest BCUT2D eigenvalue weighted by Crippen LogP contribution is -2.50. The summed E-state index contributed by atoms with van der Waals surface area (Å²) in [6, 6.07) is 0.563. The Morgan fingerprint density at radius 1 is 1.39 bits per heavy atom. The van der Waals surface area contributed by atoms with Gasteiger partial charge in [-0.3, -0.25) is 0 Å². The van der Waals surface area contributed by atoms with E-state index in [4.69, 9.17) is 0 Å². The summed E-state index contributed by atoms with van der Waals surface area (Å²) in [5, 5.41) is 15.9. The van der Waals surface area contributed by atoms with Crippen LogP contribution >= 0.6 is 0 Å². The molecule has 100 valence electrons. The number of hydrogen-bond donors (Lipinski definition) is 1. The molecule has 2 fully saturated rings. The molecule has 3 atom stereocenters. The van der Waals surface area contributed by atoms with Gasteiger partial charge in [0.1, 0.15) is 0 Å². The first-order valence-electron chi connectivity index (χ1n) is 6.88. The van der Waals surface area contributed by atoms with Crippen molar-refractivity contribution in [3.8, 4) is 0 Å². The van der Waals surface area contributed by atoms with Crippen molar-refractivity contribution in [3.63, 3.8) is 0 Å². The van der Waals surface area contributed by atoms with Gasteiger partial charge in [0, 0.05) is 6.04 Å². The molecule has 2 bridgehead atoms. The fourth-order valence-corrected chi connectivity index (χ4v) is 4.40. The number of tetrazole rings is 1. The standard InChI is InChI=1S/C13H23N5/c1-12(2)9-5-6-13(3,7-9)11(12)14-8-10-15-17-18(4)16-10/h9,11,14H,5-8H2,1-4H3. The summed E-state index contributed by atoms with van der Waals surface area (Å²) in [5.74, 6) is 1.66. The predicted molar refractivity (Wildman–Crippen MR) is 68.7 cm³/mol. The lowest BCUT2D eigenvalue weighted by atomic mass is 9.68. The molecule has 2 aliphatic rings. The molecule has 1 aromatic heterocycles. The van der Waals surface area contributed by atoms with Crippen molar-refractivity contribution in [1.29, 1.82) is 0 Å². The molecule has 3 unspecified atom stereocenters. The van der Waals surface area contributed by atoms with Gasteiger partial charge in [-0.2, -0.15) is 4.80 Å². The van der Waals surface area contributed by atoms with Crippen LogP contribution in [0.4, 0.5) is 0 Å². The smallest absolute Gasteiger partial charge is 0.188 e. The van der Waals surface area contributed by atoms with E-state index in [1.807, 2.05) is 0 Å². The van der Waals surface area contributed by atoms with Crippen LogP contribution in [0, 0.1) is 16.7 Å². The molecular weight excluding hydrogens is 226 g/mol. The molecule has 1 heterocycles. The number of nitrogens with zero attached hydrogens (tertiary/aromatic N) is 4. The van der Waals surface area contributed by atoms with Gasteiger partial charge in [0.2, 0.25) is 0 Å². The van der Waals surface area contributed by atoms with Crippen molar-refractivity contribution in [1.82, 2.24) is 25.5 Å². The van der Waals surface area contributed by atoms with E-state index in [0.29, 0.717) is 16.9 Å². The number of hydrogen-bond acceptors (Lipinski definition) is 4. The predicted octanol–water partition coefficient (Wildman–Crippen LogP) is 1.51. The zero-order valence-corrected chi connectivity index (χ0v) is 11.8. The van der Waals surface area contributed by atoms with Gasteiger partial charge in [0.15, 0.2) is 5.82 Å². The molecule has 5 heteroatoms. The SMILES string of the molecule is Cn1nnc(CNC2C3(C)CCC(C3)C2(C)C)n1. The minimum Gasteiger partial charge on any atom is -0.306 e. The Balaban J connectivity index is 1.72. The lowest BCUT2D eigenvalue weighted by molar-refractivity contribution is 0.107. The molecule has 0 amide bonds. The number of aryl methyl sites for hydroxylation is 1. The highest BCUT2D eigenvalue weighted by molar-refractivity contribution is 5.12. The van der Waals surface area contributed by atoms with Crippen molar-refractivity contribution in [2.24, 2.45) is 23.8 Å². The van der Waals surface area contributed by atoms with Crippen LogP contribution in [0.5, 0.6) is 0 Å². The van der Waals surface area contributed by atoms with Crippen molar-refractivity contribution in [3.05, 3.63) is 5.82 Å². The van der Waals surface area contributed by atoms with Crippen LogP contribution in [0.25, 0.3) is 0 Å². The van der Waals surface area contributed by atoms with Crippen molar-refractivity contribution >= 4 is 0 Å². The van der Waals surface area contributed by atoms with Crippen LogP contribution < -0.4 is 5.32 Å². The Bertz CT molecular complexity index is 447. The maximum atomic E-state index is 4.24. The molecular formula is C13H23N5. The third kappa shape index (κ3) is 1.67. The third-order valence-corrected chi connectivity index (χ3v) is 5.28. The minimum absolute atomic E-state index is 0.384. The average molecular weight is 249 g/mol. The van der Waals surface area contributed by atoms with Gasteiger partial charge < -0.3 is 5.32 Å². The highest BCUT2D eigenvalue weighted by atomic mass is 15.6. The number of fused-ring (bicyclic) bond motifs is 2. The summed E-state index contributed by atoms with van der Waals surface area (Å²) in [4.78, 5) is 1.52. The van der Waals surface area contributed by atoms with E-state index in [1.54, 1.807) is 7.05 Å². The van der Waals surface area contributed by atoms with Gasteiger partial charge in [-0.15, -0.1) is 10.2 Å².